The second-order valence-electron chi connectivity index (χ2n) is 2.76. The molecular weight excluding hydrogens is 108 g/mol. The largest absolute Gasteiger partial charge is 0.0917 e. The molecule has 0 N–H and O–H groups in total. The zero-order valence-electron chi connectivity index (χ0n) is 6.72. The highest BCUT2D eigenvalue weighted by Gasteiger charge is 2.02. The van der Waals surface area contributed by atoms with Gasteiger partial charge in [0, 0.05) is 0 Å². The lowest BCUT2D eigenvalue weighted by atomic mass is 9.95. The van der Waals surface area contributed by atoms with Gasteiger partial charge in [-0.1, -0.05) is 32.9 Å². The van der Waals surface area contributed by atoms with Gasteiger partial charge in [0.15, 0.2) is 0 Å². The van der Waals surface area contributed by atoms with Gasteiger partial charge >= 0.3 is 0 Å². The summed E-state index contributed by atoms with van der Waals surface area (Å²) in [7, 11) is 0. The Morgan fingerprint density at radius 2 is 2.00 bits per heavy atom. The number of allylic oxidation sites excluding steroid dienone is 2. The fourth-order valence-corrected chi connectivity index (χ4v) is 0.583. The maximum Gasteiger partial charge on any atom is -0.0322 e. The first-order valence-electron chi connectivity index (χ1n) is 3.62. The van der Waals surface area contributed by atoms with E-state index in [2.05, 4.69) is 39.8 Å². The third-order valence-corrected chi connectivity index (χ3v) is 1.71. The van der Waals surface area contributed by atoms with E-state index in [4.69, 9.17) is 0 Å². The van der Waals surface area contributed by atoms with Crippen molar-refractivity contribution in [2.45, 2.75) is 27.2 Å². The summed E-state index contributed by atoms with van der Waals surface area (Å²) in [5.41, 5.74) is 0. The summed E-state index contributed by atoms with van der Waals surface area (Å²) in [5, 5.41) is 0. The molecule has 0 aliphatic carbocycles. The Morgan fingerprint density at radius 3 is 2.33 bits per heavy atom. The smallest absolute Gasteiger partial charge is 0.0322 e. The molecule has 0 saturated carbocycles. The summed E-state index contributed by atoms with van der Waals surface area (Å²) < 4.78 is 0. The molecule has 2 atom stereocenters. The maximum atomic E-state index is 3.96. The van der Waals surface area contributed by atoms with Crippen LogP contribution in [0.3, 0.4) is 0 Å². The molecule has 0 aliphatic rings. The molecule has 9 heavy (non-hydrogen) atoms. The second-order valence-corrected chi connectivity index (χ2v) is 2.76. The molecule has 0 rings (SSSR count). The molecule has 0 bridgehead atoms. The predicted octanol–water partition coefficient (Wildman–Crippen LogP) is 3.06. The average Bonchev–Trinajstić information content (AvgIpc) is 1.82. The van der Waals surface area contributed by atoms with E-state index < -0.39 is 0 Å². The van der Waals surface area contributed by atoms with Gasteiger partial charge in [0.1, 0.15) is 0 Å². The number of hydrogen-bond donors (Lipinski definition) is 0. The van der Waals surface area contributed by atoms with Crippen LogP contribution >= 0.6 is 0 Å². The van der Waals surface area contributed by atoms with Gasteiger partial charge in [0.25, 0.3) is 0 Å². The summed E-state index contributed by atoms with van der Waals surface area (Å²) in [6.07, 6.45) is 5.46. The first-order valence-corrected chi connectivity index (χ1v) is 3.62. The highest BCUT2D eigenvalue weighted by atomic mass is 14.1. The first-order chi connectivity index (χ1) is 4.18. The monoisotopic (exact) mass is 125 g/mol. The molecule has 0 aromatic rings. The van der Waals surface area contributed by atoms with Crippen LogP contribution in [-0.4, -0.2) is 0 Å². The molecule has 0 heterocycles. The lowest BCUT2D eigenvalue weighted by molar-refractivity contribution is 0.462. The Balaban J connectivity index is 3.38. The van der Waals surface area contributed by atoms with Gasteiger partial charge in [-0.2, -0.15) is 0 Å². The van der Waals surface area contributed by atoms with Crippen LogP contribution in [0.15, 0.2) is 12.2 Å². The Bertz CT molecular complexity index is 80.0. The highest BCUT2D eigenvalue weighted by Crippen LogP contribution is 2.13. The second kappa shape index (κ2) is 4.60. The van der Waals surface area contributed by atoms with Gasteiger partial charge < -0.3 is 0 Å². The van der Waals surface area contributed by atoms with Gasteiger partial charge in [-0.05, 0) is 25.2 Å². The Labute approximate surface area is 59.0 Å². The lowest BCUT2D eigenvalue weighted by Gasteiger charge is -2.11. The van der Waals surface area contributed by atoms with Crippen LogP contribution in [0.1, 0.15) is 27.2 Å². The van der Waals surface area contributed by atoms with E-state index in [9.17, 15) is 0 Å². The van der Waals surface area contributed by atoms with Crippen LogP contribution in [0.2, 0.25) is 0 Å². The minimum atomic E-state index is 0.571. The van der Waals surface area contributed by atoms with Crippen LogP contribution < -0.4 is 0 Å². The van der Waals surface area contributed by atoms with E-state index in [1.165, 1.54) is 6.42 Å². The molecule has 0 aromatic heterocycles. The van der Waals surface area contributed by atoms with E-state index in [-0.39, 0.29) is 0 Å². The topological polar surface area (TPSA) is 0 Å². The van der Waals surface area contributed by atoms with Crippen molar-refractivity contribution in [3.63, 3.8) is 0 Å². The van der Waals surface area contributed by atoms with Crippen LogP contribution in [0.4, 0.5) is 0 Å². The van der Waals surface area contributed by atoms with E-state index in [0.29, 0.717) is 5.92 Å². The molecule has 0 aromatic carbocycles. The molecule has 0 aliphatic heterocycles. The molecule has 1 radical (unpaired) electrons. The normalized spacial score (nSPS) is 15.2. The molecule has 0 saturated heterocycles. The Morgan fingerprint density at radius 1 is 1.44 bits per heavy atom. The van der Waals surface area contributed by atoms with Crippen LogP contribution in [-0.2, 0) is 0 Å². The summed E-state index contributed by atoms with van der Waals surface area (Å²) in [6, 6.07) is 0. The molecule has 0 nitrogen and oxygen atoms in total. The third kappa shape index (κ3) is 4.26. The molecular formula is C9H17. The van der Waals surface area contributed by atoms with E-state index in [1.807, 2.05) is 0 Å². The molecule has 0 fully saturated rings. The minimum Gasteiger partial charge on any atom is -0.0917 e. The summed E-state index contributed by atoms with van der Waals surface area (Å²) in [5.74, 6) is 1.29. The number of hydrogen-bond acceptors (Lipinski definition) is 0. The fraction of sp³-hybridized carbons (Fsp3) is 0.667. The maximum absolute atomic E-state index is 3.96. The standard InChI is InChI=1S/C9H17/c1-5-6-7-9(4)8(2)3/h5-6,8-9H,2,7H2,1,3-4H3. The third-order valence-electron chi connectivity index (χ3n) is 1.71. The SMILES string of the molecule is [CH2]C(C)C(C)CC=CC. The zero-order chi connectivity index (χ0) is 7.28. The van der Waals surface area contributed by atoms with Gasteiger partial charge in [-0.3, -0.25) is 0 Å². The quantitative estimate of drug-likeness (QED) is 0.508. The number of rotatable bonds is 3. The fourth-order valence-electron chi connectivity index (χ4n) is 0.583. The van der Waals surface area contributed by atoms with Gasteiger partial charge in [0.05, 0.1) is 0 Å². The zero-order valence-corrected chi connectivity index (χ0v) is 6.72. The van der Waals surface area contributed by atoms with Crippen molar-refractivity contribution in [2.75, 3.05) is 0 Å². The van der Waals surface area contributed by atoms with Crippen molar-refractivity contribution < 1.29 is 0 Å². The van der Waals surface area contributed by atoms with E-state index in [1.54, 1.807) is 0 Å². The molecule has 2 unspecified atom stereocenters. The van der Waals surface area contributed by atoms with Gasteiger partial charge in [0.2, 0.25) is 0 Å². The van der Waals surface area contributed by atoms with Gasteiger partial charge in [-0.15, -0.1) is 0 Å². The van der Waals surface area contributed by atoms with Crippen molar-refractivity contribution in [1.82, 2.24) is 0 Å². The van der Waals surface area contributed by atoms with E-state index >= 15 is 0 Å². The predicted molar refractivity (Wildman–Crippen MR) is 43.1 cm³/mol. The molecule has 0 heteroatoms. The van der Waals surface area contributed by atoms with Crippen LogP contribution in [0, 0.1) is 18.8 Å². The summed E-state index contributed by atoms with van der Waals surface area (Å²) in [4.78, 5) is 0. The molecule has 0 spiro atoms. The lowest BCUT2D eigenvalue weighted by Crippen LogP contribution is -2.01. The molecule has 0 amide bonds. The van der Waals surface area contributed by atoms with Crippen molar-refractivity contribution >= 4 is 0 Å². The Kier molecular flexibility index (Phi) is 4.47. The molecule has 53 valence electrons. The van der Waals surface area contributed by atoms with Crippen molar-refractivity contribution in [3.8, 4) is 0 Å². The van der Waals surface area contributed by atoms with Crippen LogP contribution in [0.5, 0.6) is 0 Å². The van der Waals surface area contributed by atoms with Crippen molar-refractivity contribution in [3.05, 3.63) is 19.1 Å². The Hall–Kier alpha value is -0.260. The van der Waals surface area contributed by atoms with E-state index in [0.717, 1.165) is 5.92 Å². The highest BCUT2D eigenvalue weighted by molar-refractivity contribution is 4.80. The van der Waals surface area contributed by atoms with Crippen molar-refractivity contribution in [1.29, 1.82) is 0 Å². The minimum absolute atomic E-state index is 0.571. The van der Waals surface area contributed by atoms with Crippen molar-refractivity contribution in [2.24, 2.45) is 11.8 Å². The first kappa shape index (κ1) is 8.74. The average molecular weight is 125 g/mol. The summed E-state index contributed by atoms with van der Waals surface area (Å²) >= 11 is 0. The van der Waals surface area contributed by atoms with Gasteiger partial charge in [-0.25, -0.2) is 0 Å². The van der Waals surface area contributed by atoms with Crippen LogP contribution in [0.25, 0.3) is 0 Å². The summed E-state index contributed by atoms with van der Waals surface area (Å²) in [6.45, 7) is 10.4.